The van der Waals surface area contributed by atoms with Crippen LogP contribution in [0.2, 0.25) is 0 Å². The molecular weight excluding hydrogens is 282 g/mol. The fraction of sp³-hybridized carbons (Fsp3) is 0.375. The van der Waals surface area contributed by atoms with Crippen molar-refractivity contribution in [2.24, 2.45) is 0 Å². The summed E-state index contributed by atoms with van der Waals surface area (Å²) in [4.78, 5) is 18.2. The highest BCUT2D eigenvalue weighted by molar-refractivity contribution is 5.88. The van der Waals surface area contributed by atoms with E-state index in [1.54, 1.807) is 41.6 Å². The molecule has 0 aliphatic carbocycles. The van der Waals surface area contributed by atoms with Crippen molar-refractivity contribution in [2.75, 3.05) is 11.9 Å². The van der Waals surface area contributed by atoms with Gasteiger partial charge in [-0.3, -0.25) is 5.32 Å². The quantitative estimate of drug-likeness (QED) is 0.910. The number of carbonyl (C=O) groups is 1. The maximum Gasteiger partial charge on any atom is 0.323 e. The number of pyridine rings is 1. The third kappa shape index (κ3) is 3.28. The summed E-state index contributed by atoms with van der Waals surface area (Å²) in [5.74, 6) is 1.07. The fourth-order valence-corrected chi connectivity index (χ4v) is 2.82. The molecule has 2 amide bonds. The molecule has 6 heteroatoms. The van der Waals surface area contributed by atoms with E-state index in [0.717, 1.165) is 12.8 Å². The molecule has 1 saturated heterocycles. The summed E-state index contributed by atoms with van der Waals surface area (Å²) in [6, 6.07) is 8.70. The van der Waals surface area contributed by atoms with E-state index in [1.807, 2.05) is 6.07 Å². The Hall–Kier alpha value is -2.34. The standard InChI is InChI=1S/C16H19N3O3/c20-13(14-6-4-10-22-14)11-12-5-3-9-19(12)16(21)18-15-7-1-2-8-17-15/h1-2,4,6-8,10,12-13,20H,3,5,9,11H2,(H,17,18,21). The number of amides is 2. The normalized spacial score (nSPS) is 19.1. The van der Waals surface area contributed by atoms with E-state index in [2.05, 4.69) is 10.3 Å². The summed E-state index contributed by atoms with van der Waals surface area (Å²) >= 11 is 0. The number of carbonyl (C=O) groups excluding carboxylic acids is 1. The summed E-state index contributed by atoms with van der Waals surface area (Å²) in [5, 5.41) is 13.0. The number of furan rings is 1. The third-order valence-electron chi connectivity index (χ3n) is 3.90. The SMILES string of the molecule is O=C(Nc1ccccn1)N1CCCC1CC(O)c1ccco1. The Morgan fingerprint density at radius 3 is 3.09 bits per heavy atom. The number of nitrogens with zero attached hydrogens (tertiary/aromatic N) is 2. The summed E-state index contributed by atoms with van der Waals surface area (Å²) in [6.45, 7) is 0.689. The average molecular weight is 301 g/mol. The number of urea groups is 1. The molecule has 1 aliphatic rings. The number of aliphatic hydroxyl groups is 1. The minimum Gasteiger partial charge on any atom is -0.467 e. The molecule has 3 rings (SSSR count). The number of aromatic nitrogens is 1. The maximum atomic E-state index is 12.4. The molecule has 2 atom stereocenters. The van der Waals surface area contributed by atoms with Crippen LogP contribution in [0.15, 0.2) is 47.2 Å². The van der Waals surface area contributed by atoms with E-state index < -0.39 is 6.10 Å². The second-order valence-electron chi connectivity index (χ2n) is 5.40. The summed E-state index contributed by atoms with van der Waals surface area (Å²) in [7, 11) is 0. The van der Waals surface area contributed by atoms with Crippen molar-refractivity contribution in [1.82, 2.24) is 9.88 Å². The summed E-state index contributed by atoms with van der Waals surface area (Å²) < 4.78 is 5.22. The van der Waals surface area contributed by atoms with Gasteiger partial charge < -0.3 is 14.4 Å². The Kier molecular flexibility index (Phi) is 4.39. The Balaban J connectivity index is 1.61. The van der Waals surface area contributed by atoms with Gasteiger partial charge in [-0.1, -0.05) is 6.07 Å². The van der Waals surface area contributed by atoms with Gasteiger partial charge in [-0.25, -0.2) is 9.78 Å². The van der Waals surface area contributed by atoms with Crippen molar-refractivity contribution >= 4 is 11.8 Å². The van der Waals surface area contributed by atoms with Gasteiger partial charge in [0.1, 0.15) is 17.7 Å². The second-order valence-corrected chi connectivity index (χ2v) is 5.40. The van der Waals surface area contributed by atoms with Crippen molar-refractivity contribution in [1.29, 1.82) is 0 Å². The van der Waals surface area contributed by atoms with E-state index in [1.165, 1.54) is 0 Å². The van der Waals surface area contributed by atoms with Crippen LogP contribution in [0.4, 0.5) is 10.6 Å². The van der Waals surface area contributed by atoms with E-state index in [-0.39, 0.29) is 12.1 Å². The van der Waals surface area contributed by atoms with Crippen LogP contribution in [0.1, 0.15) is 31.1 Å². The van der Waals surface area contributed by atoms with Crippen LogP contribution in [0.3, 0.4) is 0 Å². The highest BCUT2D eigenvalue weighted by Gasteiger charge is 2.31. The first-order valence-corrected chi connectivity index (χ1v) is 7.44. The topological polar surface area (TPSA) is 78.6 Å². The minimum absolute atomic E-state index is 0.00353. The molecule has 0 saturated carbocycles. The van der Waals surface area contributed by atoms with Crippen LogP contribution >= 0.6 is 0 Å². The minimum atomic E-state index is -0.691. The van der Waals surface area contributed by atoms with Gasteiger partial charge in [0, 0.05) is 25.2 Å². The smallest absolute Gasteiger partial charge is 0.323 e. The summed E-state index contributed by atoms with van der Waals surface area (Å²) in [6.07, 6.45) is 4.78. The first-order valence-electron chi connectivity index (χ1n) is 7.44. The van der Waals surface area contributed by atoms with Gasteiger partial charge in [-0.15, -0.1) is 0 Å². The van der Waals surface area contributed by atoms with E-state index >= 15 is 0 Å². The Labute approximate surface area is 128 Å². The zero-order chi connectivity index (χ0) is 15.4. The molecule has 0 radical (unpaired) electrons. The maximum absolute atomic E-state index is 12.4. The molecule has 2 unspecified atom stereocenters. The third-order valence-corrected chi connectivity index (χ3v) is 3.90. The first kappa shape index (κ1) is 14.6. The fourth-order valence-electron chi connectivity index (χ4n) is 2.82. The highest BCUT2D eigenvalue weighted by atomic mass is 16.4. The molecule has 3 heterocycles. The number of aliphatic hydroxyl groups excluding tert-OH is 1. The molecule has 1 aliphatic heterocycles. The largest absolute Gasteiger partial charge is 0.467 e. The van der Waals surface area contributed by atoms with Crippen LogP contribution in [-0.2, 0) is 0 Å². The molecule has 22 heavy (non-hydrogen) atoms. The van der Waals surface area contributed by atoms with Crippen molar-refractivity contribution in [3.8, 4) is 0 Å². The van der Waals surface area contributed by atoms with Crippen molar-refractivity contribution in [3.63, 3.8) is 0 Å². The molecule has 2 N–H and O–H groups in total. The van der Waals surface area contributed by atoms with Crippen LogP contribution in [0.25, 0.3) is 0 Å². The monoisotopic (exact) mass is 301 g/mol. The van der Waals surface area contributed by atoms with Crippen LogP contribution in [0.5, 0.6) is 0 Å². The van der Waals surface area contributed by atoms with Gasteiger partial charge in [0.2, 0.25) is 0 Å². The lowest BCUT2D eigenvalue weighted by atomic mass is 10.1. The van der Waals surface area contributed by atoms with Crippen LogP contribution in [0, 0.1) is 0 Å². The molecule has 0 bridgehead atoms. The number of anilines is 1. The Morgan fingerprint density at radius 2 is 2.36 bits per heavy atom. The zero-order valence-electron chi connectivity index (χ0n) is 12.2. The van der Waals surface area contributed by atoms with Gasteiger partial charge in [0.15, 0.2) is 0 Å². The first-order chi connectivity index (χ1) is 10.7. The number of nitrogens with one attached hydrogen (secondary N) is 1. The predicted octanol–water partition coefficient (Wildman–Crippen LogP) is 2.79. The molecule has 0 spiro atoms. The Bertz CT molecular complexity index is 600. The second kappa shape index (κ2) is 6.62. The van der Waals surface area contributed by atoms with Gasteiger partial charge in [0.05, 0.1) is 6.26 Å². The highest BCUT2D eigenvalue weighted by Crippen LogP contribution is 2.28. The van der Waals surface area contributed by atoms with Crippen molar-refractivity contribution in [3.05, 3.63) is 48.6 Å². The summed E-state index contributed by atoms with van der Waals surface area (Å²) in [5.41, 5.74) is 0. The van der Waals surface area contributed by atoms with E-state index in [4.69, 9.17) is 4.42 Å². The number of hydrogen-bond donors (Lipinski definition) is 2. The van der Waals surface area contributed by atoms with Gasteiger partial charge in [-0.05, 0) is 37.1 Å². The molecule has 6 nitrogen and oxygen atoms in total. The number of rotatable bonds is 4. The molecular formula is C16H19N3O3. The van der Waals surface area contributed by atoms with E-state index in [0.29, 0.717) is 24.5 Å². The molecule has 2 aromatic rings. The van der Waals surface area contributed by atoms with Crippen LogP contribution < -0.4 is 5.32 Å². The lowest BCUT2D eigenvalue weighted by molar-refractivity contribution is 0.110. The van der Waals surface area contributed by atoms with Crippen molar-refractivity contribution < 1.29 is 14.3 Å². The van der Waals surface area contributed by atoms with Gasteiger partial charge >= 0.3 is 6.03 Å². The van der Waals surface area contributed by atoms with Crippen LogP contribution in [-0.4, -0.2) is 33.6 Å². The number of hydrogen-bond acceptors (Lipinski definition) is 4. The number of likely N-dealkylation sites (tertiary alicyclic amines) is 1. The lowest BCUT2D eigenvalue weighted by Gasteiger charge is -2.26. The molecule has 1 fully saturated rings. The molecule has 116 valence electrons. The predicted molar refractivity (Wildman–Crippen MR) is 81.3 cm³/mol. The Morgan fingerprint density at radius 1 is 1.45 bits per heavy atom. The lowest BCUT2D eigenvalue weighted by Crippen LogP contribution is -2.39. The van der Waals surface area contributed by atoms with Gasteiger partial charge in [0.25, 0.3) is 0 Å². The van der Waals surface area contributed by atoms with Gasteiger partial charge in [-0.2, -0.15) is 0 Å². The van der Waals surface area contributed by atoms with E-state index in [9.17, 15) is 9.90 Å². The zero-order valence-corrected chi connectivity index (χ0v) is 12.2. The molecule has 2 aromatic heterocycles. The average Bonchev–Trinajstić information content (AvgIpc) is 3.19. The van der Waals surface area contributed by atoms with Crippen molar-refractivity contribution in [2.45, 2.75) is 31.4 Å². The molecule has 0 aromatic carbocycles.